The summed E-state index contributed by atoms with van der Waals surface area (Å²) in [6, 6.07) is 6.69. The SMILES string of the molecule is C1=C[C@H]2[C@@H](C1)C[C@H]2NCCc1nnc2ccccn12. The Morgan fingerprint density at radius 3 is 3.26 bits per heavy atom. The molecule has 0 aromatic carbocycles. The van der Waals surface area contributed by atoms with E-state index in [0.717, 1.165) is 36.3 Å². The molecule has 0 aliphatic heterocycles. The highest BCUT2D eigenvalue weighted by molar-refractivity contribution is 5.37. The second-order valence-corrected chi connectivity index (χ2v) is 5.59. The summed E-state index contributed by atoms with van der Waals surface area (Å²) in [6.07, 6.45) is 10.3. The minimum absolute atomic E-state index is 0.683. The lowest BCUT2D eigenvalue weighted by Crippen LogP contribution is -2.48. The zero-order valence-corrected chi connectivity index (χ0v) is 10.9. The number of rotatable bonds is 4. The van der Waals surface area contributed by atoms with Crippen LogP contribution in [0.3, 0.4) is 0 Å². The number of hydrogen-bond acceptors (Lipinski definition) is 3. The van der Waals surface area contributed by atoms with Gasteiger partial charge in [-0.05, 0) is 36.8 Å². The van der Waals surface area contributed by atoms with Crippen molar-refractivity contribution in [2.45, 2.75) is 25.3 Å². The maximum Gasteiger partial charge on any atom is 0.160 e. The molecule has 0 bridgehead atoms. The molecule has 2 aromatic rings. The van der Waals surface area contributed by atoms with E-state index in [-0.39, 0.29) is 0 Å². The number of pyridine rings is 1. The van der Waals surface area contributed by atoms with Crippen molar-refractivity contribution in [3.63, 3.8) is 0 Å². The lowest BCUT2D eigenvalue weighted by atomic mass is 9.71. The predicted octanol–water partition coefficient (Wildman–Crippen LogP) is 1.83. The molecule has 0 radical (unpaired) electrons. The summed E-state index contributed by atoms with van der Waals surface area (Å²) in [7, 11) is 0. The standard InChI is InChI=1S/C15H18N4/c1-2-9-19-14(6-1)17-18-15(19)7-8-16-13-10-11-4-3-5-12(11)13/h1-3,5-6,9,11-13,16H,4,7-8,10H2/t11-,12-,13+/m0/s1. The van der Waals surface area contributed by atoms with Crippen molar-refractivity contribution < 1.29 is 0 Å². The van der Waals surface area contributed by atoms with Crippen LogP contribution in [0.4, 0.5) is 0 Å². The van der Waals surface area contributed by atoms with Crippen LogP contribution in [0.5, 0.6) is 0 Å². The van der Waals surface area contributed by atoms with Gasteiger partial charge in [0.2, 0.25) is 0 Å². The van der Waals surface area contributed by atoms with Gasteiger partial charge in [-0.2, -0.15) is 0 Å². The third-order valence-corrected chi connectivity index (χ3v) is 4.50. The summed E-state index contributed by atoms with van der Waals surface area (Å²) in [5, 5.41) is 12.1. The number of nitrogens with zero attached hydrogens (tertiary/aromatic N) is 3. The summed E-state index contributed by atoms with van der Waals surface area (Å²) in [4.78, 5) is 0. The Labute approximate surface area is 112 Å². The fourth-order valence-corrected chi connectivity index (χ4v) is 3.38. The molecule has 1 N–H and O–H groups in total. The zero-order chi connectivity index (χ0) is 12.7. The van der Waals surface area contributed by atoms with Gasteiger partial charge in [-0.1, -0.05) is 18.2 Å². The topological polar surface area (TPSA) is 42.2 Å². The van der Waals surface area contributed by atoms with Gasteiger partial charge in [-0.3, -0.25) is 4.40 Å². The lowest BCUT2D eigenvalue weighted by molar-refractivity contribution is 0.164. The first kappa shape index (κ1) is 11.2. The lowest BCUT2D eigenvalue weighted by Gasteiger charge is -2.40. The number of fused-ring (bicyclic) bond motifs is 2. The van der Waals surface area contributed by atoms with E-state index in [9.17, 15) is 0 Å². The molecule has 2 aromatic heterocycles. The van der Waals surface area contributed by atoms with Gasteiger partial charge in [-0.15, -0.1) is 10.2 Å². The fourth-order valence-electron chi connectivity index (χ4n) is 3.38. The highest BCUT2D eigenvalue weighted by atomic mass is 15.2. The number of aromatic nitrogens is 3. The number of hydrogen-bond donors (Lipinski definition) is 1. The molecule has 1 fully saturated rings. The Morgan fingerprint density at radius 1 is 1.32 bits per heavy atom. The minimum Gasteiger partial charge on any atom is -0.313 e. The Kier molecular flexibility index (Phi) is 2.62. The Morgan fingerprint density at radius 2 is 2.32 bits per heavy atom. The summed E-state index contributed by atoms with van der Waals surface area (Å²) in [5.74, 6) is 2.75. The van der Waals surface area contributed by atoms with E-state index in [1.54, 1.807) is 0 Å². The largest absolute Gasteiger partial charge is 0.313 e. The smallest absolute Gasteiger partial charge is 0.160 e. The Hall–Kier alpha value is -1.68. The highest BCUT2D eigenvalue weighted by Gasteiger charge is 2.40. The van der Waals surface area contributed by atoms with E-state index < -0.39 is 0 Å². The number of allylic oxidation sites excluding steroid dienone is 1. The van der Waals surface area contributed by atoms with Crippen LogP contribution in [-0.4, -0.2) is 27.2 Å². The monoisotopic (exact) mass is 254 g/mol. The minimum atomic E-state index is 0.683. The molecule has 2 heterocycles. The van der Waals surface area contributed by atoms with E-state index in [0.29, 0.717) is 6.04 Å². The molecular weight excluding hydrogens is 236 g/mol. The molecule has 0 spiro atoms. The van der Waals surface area contributed by atoms with Crippen LogP contribution >= 0.6 is 0 Å². The Balaban J connectivity index is 1.36. The van der Waals surface area contributed by atoms with Crippen LogP contribution < -0.4 is 5.32 Å². The highest BCUT2D eigenvalue weighted by Crippen LogP contribution is 2.42. The van der Waals surface area contributed by atoms with Crippen molar-refractivity contribution >= 4 is 5.65 Å². The normalized spacial score (nSPS) is 28.5. The average molecular weight is 254 g/mol. The van der Waals surface area contributed by atoms with Gasteiger partial charge in [0.05, 0.1) is 0 Å². The van der Waals surface area contributed by atoms with Gasteiger partial charge in [-0.25, -0.2) is 0 Å². The van der Waals surface area contributed by atoms with Gasteiger partial charge in [0.15, 0.2) is 5.65 Å². The molecule has 4 rings (SSSR count). The second-order valence-electron chi connectivity index (χ2n) is 5.59. The first-order chi connectivity index (χ1) is 9.42. The summed E-state index contributed by atoms with van der Waals surface area (Å²) >= 11 is 0. The molecule has 0 unspecified atom stereocenters. The second kappa shape index (κ2) is 4.46. The van der Waals surface area contributed by atoms with Crippen LogP contribution in [-0.2, 0) is 6.42 Å². The molecule has 0 amide bonds. The van der Waals surface area contributed by atoms with Crippen LogP contribution in [0, 0.1) is 11.8 Å². The maximum absolute atomic E-state index is 4.26. The predicted molar refractivity (Wildman–Crippen MR) is 73.8 cm³/mol. The van der Waals surface area contributed by atoms with E-state index in [4.69, 9.17) is 0 Å². The molecule has 3 atom stereocenters. The van der Waals surface area contributed by atoms with Gasteiger partial charge in [0, 0.05) is 25.2 Å². The molecule has 19 heavy (non-hydrogen) atoms. The van der Waals surface area contributed by atoms with Crippen LogP contribution in [0.15, 0.2) is 36.5 Å². The van der Waals surface area contributed by atoms with Crippen molar-refractivity contribution in [3.05, 3.63) is 42.4 Å². The molecule has 4 heteroatoms. The zero-order valence-electron chi connectivity index (χ0n) is 10.9. The first-order valence-electron chi connectivity index (χ1n) is 7.10. The van der Waals surface area contributed by atoms with Crippen molar-refractivity contribution in [1.82, 2.24) is 19.9 Å². The van der Waals surface area contributed by atoms with Crippen LogP contribution in [0.25, 0.3) is 5.65 Å². The van der Waals surface area contributed by atoms with Crippen molar-refractivity contribution in [3.8, 4) is 0 Å². The maximum atomic E-state index is 4.26. The molecule has 4 nitrogen and oxygen atoms in total. The van der Waals surface area contributed by atoms with Crippen molar-refractivity contribution in [2.24, 2.45) is 11.8 Å². The summed E-state index contributed by atoms with van der Waals surface area (Å²) in [5.41, 5.74) is 0.930. The van der Waals surface area contributed by atoms with E-state index in [2.05, 4.69) is 32.1 Å². The van der Waals surface area contributed by atoms with Gasteiger partial charge in [0.1, 0.15) is 5.82 Å². The molecular formula is C15H18N4. The van der Waals surface area contributed by atoms with Gasteiger partial charge >= 0.3 is 0 Å². The van der Waals surface area contributed by atoms with E-state index in [1.807, 2.05) is 24.4 Å². The van der Waals surface area contributed by atoms with Crippen LogP contribution in [0.2, 0.25) is 0 Å². The first-order valence-corrected chi connectivity index (χ1v) is 7.10. The number of nitrogens with one attached hydrogen (secondary N) is 1. The summed E-state index contributed by atoms with van der Waals surface area (Å²) < 4.78 is 2.07. The molecule has 1 saturated carbocycles. The Bertz CT molecular complexity index is 615. The third-order valence-electron chi connectivity index (χ3n) is 4.50. The van der Waals surface area contributed by atoms with E-state index in [1.165, 1.54) is 12.8 Å². The van der Waals surface area contributed by atoms with Crippen LogP contribution in [0.1, 0.15) is 18.7 Å². The molecule has 2 aliphatic rings. The van der Waals surface area contributed by atoms with Crippen molar-refractivity contribution in [2.75, 3.05) is 6.54 Å². The average Bonchev–Trinajstić information content (AvgIpc) is 2.99. The van der Waals surface area contributed by atoms with Crippen molar-refractivity contribution in [1.29, 1.82) is 0 Å². The molecule has 98 valence electrons. The fraction of sp³-hybridized carbons (Fsp3) is 0.467. The third kappa shape index (κ3) is 1.87. The summed E-state index contributed by atoms with van der Waals surface area (Å²) in [6.45, 7) is 0.984. The van der Waals surface area contributed by atoms with E-state index >= 15 is 0 Å². The van der Waals surface area contributed by atoms with Gasteiger partial charge in [0.25, 0.3) is 0 Å². The van der Waals surface area contributed by atoms with Gasteiger partial charge < -0.3 is 5.32 Å². The molecule has 2 aliphatic carbocycles. The molecule has 0 saturated heterocycles. The quantitative estimate of drug-likeness (QED) is 0.846.